The second-order valence-corrected chi connectivity index (χ2v) is 5.04. The molecule has 0 aromatic carbocycles. The Morgan fingerprint density at radius 2 is 2.09 bits per heavy atom. The number of hydrogen-bond donors (Lipinski definition) is 2. The Hall–Kier alpha value is 0.160. The van der Waals surface area contributed by atoms with Gasteiger partial charge < -0.3 is 0 Å². The van der Waals surface area contributed by atoms with Crippen LogP contribution in [0.15, 0.2) is 0 Å². The van der Waals surface area contributed by atoms with E-state index in [4.69, 9.17) is 16.7 Å². The fraction of sp³-hybridized carbons (Fsp3) is 1.00. The van der Waals surface area contributed by atoms with Crippen molar-refractivity contribution in [2.24, 2.45) is 5.14 Å². The van der Waals surface area contributed by atoms with Crippen LogP contribution >= 0.6 is 11.6 Å². The minimum Gasteiger partial charge on any atom is -0.300 e. The molecule has 4 nitrogen and oxygen atoms in total. The van der Waals surface area contributed by atoms with Gasteiger partial charge in [0.25, 0.3) is 0 Å². The maximum Gasteiger partial charge on any atom is 0.213 e. The lowest BCUT2D eigenvalue weighted by Crippen LogP contribution is -2.44. The smallest absolute Gasteiger partial charge is 0.213 e. The monoisotopic (exact) mass is 198 g/mol. The third-order valence-corrected chi connectivity index (χ3v) is 3.48. The maximum absolute atomic E-state index is 10.8. The van der Waals surface area contributed by atoms with Crippen LogP contribution < -0.4 is 10.5 Å². The van der Waals surface area contributed by atoms with E-state index in [0.29, 0.717) is 19.4 Å². The molecule has 1 aliphatic heterocycles. The number of sulfonamides is 1. The van der Waals surface area contributed by atoms with E-state index in [-0.39, 0.29) is 5.50 Å². The maximum atomic E-state index is 10.8. The molecule has 0 aromatic rings. The van der Waals surface area contributed by atoms with E-state index in [9.17, 15) is 8.42 Å². The lowest BCUT2D eigenvalue weighted by Gasteiger charge is -2.24. The first-order chi connectivity index (χ1) is 5.00. The second-order valence-electron chi connectivity index (χ2n) is 2.66. The first-order valence-corrected chi connectivity index (χ1v) is 5.44. The Kier molecular flexibility index (Phi) is 2.74. The molecule has 0 spiro atoms. The van der Waals surface area contributed by atoms with Gasteiger partial charge >= 0.3 is 0 Å². The molecule has 66 valence electrons. The van der Waals surface area contributed by atoms with Crippen LogP contribution in [-0.4, -0.2) is 25.7 Å². The average Bonchev–Trinajstić information content (AvgIpc) is 1.86. The van der Waals surface area contributed by atoms with Gasteiger partial charge in [0, 0.05) is 6.54 Å². The highest BCUT2D eigenvalue weighted by Crippen LogP contribution is 2.14. The number of nitrogens with two attached hydrogens (primary N) is 1. The number of piperidine rings is 1. The van der Waals surface area contributed by atoms with Crippen LogP contribution in [0.3, 0.4) is 0 Å². The van der Waals surface area contributed by atoms with Crippen LogP contribution in [0.2, 0.25) is 0 Å². The number of halogens is 1. The first-order valence-electron chi connectivity index (χ1n) is 3.39. The van der Waals surface area contributed by atoms with Crippen LogP contribution in [0, 0.1) is 0 Å². The summed E-state index contributed by atoms with van der Waals surface area (Å²) in [4.78, 5) is 0. The molecule has 1 saturated heterocycles. The normalized spacial score (nSPS) is 33.6. The molecule has 0 amide bonds. The van der Waals surface area contributed by atoms with Crippen molar-refractivity contribution in [2.45, 2.75) is 23.6 Å². The van der Waals surface area contributed by atoms with E-state index in [1.165, 1.54) is 0 Å². The van der Waals surface area contributed by atoms with E-state index in [1.54, 1.807) is 0 Å². The molecule has 2 atom stereocenters. The van der Waals surface area contributed by atoms with E-state index < -0.39 is 15.3 Å². The Bertz CT molecular complexity index is 221. The standard InChI is InChI=1S/C5H11ClN2O2S/c6-5-2-1-4(3-8-5)11(7,9)10/h4-5,8H,1-3H2,(H2,7,9,10)/t4-,5-/m0/s1. The van der Waals surface area contributed by atoms with Crippen LogP contribution in [0.25, 0.3) is 0 Å². The summed E-state index contributed by atoms with van der Waals surface area (Å²) in [5.41, 5.74) is -0.104. The summed E-state index contributed by atoms with van der Waals surface area (Å²) in [6.07, 6.45) is 1.21. The minimum atomic E-state index is -3.37. The van der Waals surface area contributed by atoms with Gasteiger partial charge in [-0.3, -0.25) is 5.32 Å². The Balaban J connectivity index is 2.53. The molecule has 0 radical (unpaired) electrons. The van der Waals surface area contributed by atoms with Crippen molar-refractivity contribution in [3.63, 3.8) is 0 Å². The molecule has 1 rings (SSSR count). The minimum absolute atomic E-state index is 0.104. The average molecular weight is 199 g/mol. The number of hydrogen-bond acceptors (Lipinski definition) is 3. The third kappa shape index (κ3) is 2.59. The van der Waals surface area contributed by atoms with Crippen molar-refractivity contribution in [3.8, 4) is 0 Å². The molecule has 3 N–H and O–H groups in total. The molecule has 11 heavy (non-hydrogen) atoms. The highest BCUT2D eigenvalue weighted by Gasteiger charge is 2.26. The Morgan fingerprint density at radius 3 is 2.45 bits per heavy atom. The molecule has 1 heterocycles. The summed E-state index contributed by atoms with van der Waals surface area (Å²) in [7, 11) is -3.37. The SMILES string of the molecule is NS(=O)(=O)[C@H]1CC[C@@H](Cl)NC1. The summed E-state index contributed by atoms with van der Waals surface area (Å²) < 4.78 is 21.6. The molecule has 1 fully saturated rings. The number of rotatable bonds is 1. The summed E-state index contributed by atoms with van der Waals surface area (Å²) in [5.74, 6) is 0. The lowest BCUT2D eigenvalue weighted by molar-refractivity contribution is 0.472. The fourth-order valence-electron chi connectivity index (χ4n) is 1.08. The number of primary sulfonamides is 1. The molecule has 0 unspecified atom stereocenters. The van der Waals surface area contributed by atoms with Crippen molar-refractivity contribution in [3.05, 3.63) is 0 Å². The summed E-state index contributed by atoms with van der Waals surface area (Å²) in [6.45, 7) is 0.368. The van der Waals surface area contributed by atoms with Gasteiger partial charge in [-0.15, -0.1) is 11.6 Å². The zero-order valence-electron chi connectivity index (χ0n) is 5.96. The third-order valence-electron chi connectivity index (χ3n) is 1.77. The first kappa shape index (κ1) is 9.25. The highest BCUT2D eigenvalue weighted by molar-refractivity contribution is 7.89. The zero-order valence-corrected chi connectivity index (χ0v) is 7.53. The van der Waals surface area contributed by atoms with Gasteiger partial charge in [0.05, 0.1) is 10.8 Å². The van der Waals surface area contributed by atoms with Gasteiger partial charge in [0.2, 0.25) is 10.0 Å². The van der Waals surface area contributed by atoms with Crippen LogP contribution in [0.1, 0.15) is 12.8 Å². The predicted octanol–water partition coefficient (Wildman–Crippen LogP) is -0.408. The highest BCUT2D eigenvalue weighted by atomic mass is 35.5. The van der Waals surface area contributed by atoms with Gasteiger partial charge in [0.15, 0.2) is 0 Å². The molecule has 0 bridgehead atoms. The Labute approximate surface area is 71.1 Å². The van der Waals surface area contributed by atoms with Crippen molar-refractivity contribution in [2.75, 3.05) is 6.54 Å². The number of nitrogens with one attached hydrogen (secondary N) is 1. The van der Waals surface area contributed by atoms with Crippen molar-refractivity contribution < 1.29 is 8.42 Å². The lowest BCUT2D eigenvalue weighted by atomic mass is 10.2. The van der Waals surface area contributed by atoms with Gasteiger partial charge in [-0.1, -0.05) is 0 Å². The summed E-state index contributed by atoms with van der Waals surface area (Å²) >= 11 is 5.69. The van der Waals surface area contributed by atoms with E-state index in [0.717, 1.165) is 0 Å². The Morgan fingerprint density at radius 1 is 1.45 bits per heavy atom. The van der Waals surface area contributed by atoms with Crippen molar-refractivity contribution >= 4 is 21.6 Å². The van der Waals surface area contributed by atoms with Gasteiger partial charge in [0.1, 0.15) is 0 Å². The van der Waals surface area contributed by atoms with Crippen LogP contribution in [-0.2, 0) is 10.0 Å². The second kappa shape index (κ2) is 3.26. The molecular formula is C5H11ClN2O2S. The molecule has 0 aromatic heterocycles. The zero-order chi connectivity index (χ0) is 8.48. The van der Waals surface area contributed by atoms with E-state index >= 15 is 0 Å². The van der Waals surface area contributed by atoms with E-state index in [1.807, 2.05) is 0 Å². The van der Waals surface area contributed by atoms with Gasteiger partial charge in [-0.05, 0) is 12.8 Å². The summed E-state index contributed by atoms with van der Waals surface area (Å²) in [5, 5.41) is 7.33. The van der Waals surface area contributed by atoms with Crippen LogP contribution in [0.4, 0.5) is 0 Å². The van der Waals surface area contributed by atoms with Crippen molar-refractivity contribution in [1.82, 2.24) is 5.32 Å². The summed E-state index contributed by atoms with van der Waals surface area (Å²) in [6, 6.07) is 0. The van der Waals surface area contributed by atoms with Crippen LogP contribution in [0.5, 0.6) is 0 Å². The molecule has 1 aliphatic rings. The predicted molar refractivity (Wildman–Crippen MR) is 43.8 cm³/mol. The molecule has 0 saturated carbocycles. The van der Waals surface area contributed by atoms with Crippen molar-refractivity contribution in [1.29, 1.82) is 0 Å². The molecule has 0 aliphatic carbocycles. The van der Waals surface area contributed by atoms with E-state index in [2.05, 4.69) is 5.32 Å². The van der Waals surface area contributed by atoms with Gasteiger partial charge in [-0.25, -0.2) is 13.6 Å². The quantitative estimate of drug-likeness (QED) is 0.445. The molecular weight excluding hydrogens is 188 g/mol. The largest absolute Gasteiger partial charge is 0.300 e. The number of alkyl halides is 1. The topological polar surface area (TPSA) is 72.2 Å². The van der Waals surface area contributed by atoms with Gasteiger partial charge in [-0.2, -0.15) is 0 Å². The molecule has 6 heteroatoms. The fourth-order valence-corrected chi connectivity index (χ4v) is 2.08.